The molecule has 14 heteroatoms. The molecule has 1 rings (SSSR count). The van der Waals surface area contributed by atoms with Crippen molar-refractivity contribution in [2.24, 2.45) is 35.3 Å². The number of primary amides is 1. The van der Waals surface area contributed by atoms with Crippen molar-refractivity contribution in [3.8, 4) is 0 Å². The molecule has 0 aromatic rings. The molecule has 14 nitrogen and oxygen atoms in total. The highest BCUT2D eigenvalue weighted by atomic mass is 16.2. The van der Waals surface area contributed by atoms with Crippen LogP contribution in [0.2, 0.25) is 0 Å². The van der Waals surface area contributed by atoms with Crippen molar-refractivity contribution < 1.29 is 33.6 Å². The van der Waals surface area contributed by atoms with Gasteiger partial charge in [0.05, 0.1) is 12.1 Å². The maximum atomic E-state index is 14.6. The molecule has 0 bridgehead atoms. The van der Waals surface area contributed by atoms with Crippen LogP contribution in [-0.4, -0.2) is 143 Å². The first-order valence-electron chi connectivity index (χ1n) is 21.8. The Bertz CT molecular complexity index is 1470. The van der Waals surface area contributed by atoms with Gasteiger partial charge in [0.2, 0.25) is 35.4 Å². The summed E-state index contributed by atoms with van der Waals surface area (Å²) in [5, 5.41) is 3.02. The van der Waals surface area contributed by atoms with E-state index in [-0.39, 0.29) is 65.7 Å². The number of ketones is 1. The standard InChI is InChI=1S/C45H81N7O7/c1-17-18-20-30(8)25-35(40(46)54)48(13)45(59)39(29(6)7)51(16)44(58)37(24-28(4)5)50(15)43(57)36(23-27(2)3)49(14)41(55)31(9)21-19-22-38(53)33(11)52-32(10)26-34(47-12)42(52)56/h17-18,27-37,39,47H,19-26H2,1-16H3,(H2,46,54)/b18-17+/t30-,31+,32?,33-,34+,35+,36-,37+,39+/m1/s1. The summed E-state index contributed by atoms with van der Waals surface area (Å²) in [5.74, 6) is -2.87. The average molecular weight is 832 g/mol. The summed E-state index contributed by atoms with van der Waals surface area (Å²) < 4.78 is 0. The summed E-state index contributed by atoms with van der Waals surface area (Å²) in [4.78, 5) is 103. The minimum absolute atomic E-state index is 0.00581. The highest BCUT2D eigenvalue weighted by Crippen LogP contribution is 2.26. The fraction of sp³-hybridized carbons (Fsp3) is 0.800. The lowest BCUT2D eigenvalue weighted by Crippen LogP contribution is -2.60. The van der Waals surface area contributed by atoms with E-state index in [0.29, 0.717) is 38.5 Å². The van der Waals surface area contributed by atoms with Crippen LogP contribution in [0.4, 0.5) is 0 Å². The molecule has 338 valence electrons. The zero-order chi connectivity index (χ0) is 45.6. The third-order valence-corrected chi connectivity index (χ3v) is 12.1. The van der Waals surface area contributed by atoms with Crippen LogP contribution in [0.25, 0.3) is 0 Å². The van der Waals surface area contributed by atoms with E-state index in [1.807, 2.05) is 74.5 Å². The molecule has 1 heterocycles. The molecule has 0 aromatic carbocycles. The molecule has 0 spiro atoms. The van der Waals surface area contributed by atoms with Gasteiger partial charge in [0.25, 0.3) is 0 Å². The van der Waals surface area contributed by atoms with E-state index in [4.69, 9.17) is 5.73 Å². The number of nitrogens with zero attached hydrogens (tertiary/aromatic N) is 5. The highest BCUT2D eigenvalue weighted by Gasteiger charge is 2.43. The zero-order valence-corrected chi connectivity index (χ0v) is 39.4. The van der Waals surface area contributed by atoms with Gasteiger partial charge in [-0.1, -0.05) is 67.5 Å². The molecule has 0 aromatic heterocycles. The van der Waals surface area contributed by atoms with Gasteiger partial charge in [-0.2, -0.15) is 0 Å². The lowest BCUT2D eigenvalue weighted by atomic mass is 9.94. The van der Waals surface area contributed by atoms with Crippen LogP contribution in [0.5, 0.6) is 0 Å². The number of nitrogens with two attached hydrogens (primary N) is 1. The Balaban J connectivity index is 3.27. The number of carbonyl (C=O) groups is 7. The number of hydrogen-bond acceptors (Lipinski definition) is 8. The third-order valence-electron chi connectivity index (χ3n) is 12.1. The van der Waals surface area contributed by atoms with Gasteiger partial charge in [-0.05, 0) is 96.4 Å². The van der Waals surface area contributed by atoms with Gasteiger partial charge in [-0.25, -0.2) is 0 Å². The SMILES string of the molecule is C/C=C/C[C@@H](C)C[C@@H](C(N)=O)N(C)C(=O)[C@H](C(C)C)N(C)C(=O)[C@H](CC(C)C)N(C)C(=O)[C@@H](CC(C)C)N(C)C(=O)[C@@H](C)CCCC(=O)[C@@H](C)N1C(=O)[C@@H](NC)CC1C. The van der Waals surface area contributed by atoms with Gasteiger partial charge in [0.1, 0.15) is 24.2 Å². The summed E-state index contributed by atoms with van der Waals surface area (Å²) in [6.45, 7) is 21.0. The fourth-order valence-corrected chi connectivity index (χ4v) is 8.41. The Morgan fingerprint density at radius 2 is 1.25 bits per heavy atom. The molecule has 1 aliphatic heterocycles. The van der Waals surface area contributed by atoms with Gasteiger partial charge >= 0.3 is 0 Å². The topological polar surface area (TPSA) is 174 Å². The number of amides is 6. The number of rotatable bonds is 25. The quantitative estimate of drug-likeness (QED) is 0.127. The summed E-state index contributed by atoms with van der Waals surface area (Å²) in [6.07, 6.45) is 7.47. The van der Waals surface area contributed by atoms with Crippen LogP contribution < -0.4 is 11.1 Å². The van der Waals surface area contributed by atoms with Crippen LogP contribution in [0.3, 0.4) is 0 Å². The number of hydrogen-bond donors (Lipinski definition) is 2. The molecular formula is C45H81N7O7. The molecule has 3 N–H and O–H groups in total. The monoisotopic (exact) mass is 832 g/mol. The van der Waals surface area contributed by atoms with Crippen LogP contribution in [0.1, 0.15) is 128 Å². The largest absolute Gasteiger partial charge is 0.368 e. The van der Waals surface area contributed by atoms with Crippen molar-refractivity contribution in [1.82, 2.24) is 29.8 Å². The van der Waals surface area contributed by atoms with Crippen molar-refractivity contribution >= 4 is 41.2 Å². The second kappa shape index (κ2) is 24.4. The van der Waals surface area contributed by atoms with Crippen LogP contribution in [-0.2, 0) is 33.6 Å². The Kier molecular flexibility index (Phi) is 22.0. The Labute approximate surface area is 356 Å². The Morgan fingerprint density at radius 1 is 0.763 bits per heavy atom. The average Bonchev–Trinajstić information content (AvgIpc) is 3.46. The molecule has 1 aliphatic rings. The molecule has 6 amide bonds. The molecule has 59 heavy (non-hydrogen) atoms. The minimum atomic E-state index is -0.936. The van der Waals surface area contributed by atoms with Crippen molar-refractivity contribution in [3.63, 3.8) is 0 Å². The Hall–Kier alpha value is -3.81. The normalized spacial score (nSPS) is 19.4. The number of likely N-dealkylation sites (tertiary alicyclic amines) is 1. The highest BCUT2D eigenvalue weighted by molar-refractivity contribution is 5.96. The van der Waals surface area contributed by atoms with Crippen LogP contribution in [0.15, 0.2) is 12.2 Å². The van der Waals surface area contributed by atoms with Gasteiger partial charge in [0.15, 0.2) is 5.78 Å². The molecule has 1 saturated heterocycles. The van der Waals surface area contributed by atoms with E-state index in [0.717, 1.165) is 6.42 Å². The van der Waals surface area contributed by atoms with Crippen molar-refractivity contribution in [1.29, 1.82) is 0 Å². The smallest absolute Gasteiger partial charge is 0.246 e. The van der Waals surface area contributed by atoms with E-state index in [1.54, 1.807) is 54.0 Å². The van der Waals surface area contributed by atoms with E-state index in [9.17, 15) is 33.6 Å². The number of nitrogens with one attached hydrogen (secondary N) is 1. The second-order valence-corrected chi connectivity index (χ2v) is 18.4. The van der Waals surface area contributed by atoms with Gasteiger partial charge < -0.3 is 35.6 Å². The number of likely N-dealkylation sites (N-methyl/N-ethyl adjacent to an activating group) is 5. The number of allylic oxidation sites excluding steroid dienone is 2. The minimum Gasteiger partial charge on any atom is -0.368 e. The van der Waals surface area contributed by atoms with E-state index in [2.05, 4.69) is 5.32 Å². The molecule has 0 aliphatic carbocycles. The third kappa shape index (κ3) is 14.7. The first-order chi connectivity index (χ1) is 27.3. The molecule has 9 atom stereocenters. The summed E-state index contributed by atoms with van der Waals surface area (Å²) in [5.41, 5.74) is 5.82. The van der Waals surface area contributed by atoms with Crippen LogP contribution in [0, 0.1) is 29.6 Å². The zero-order valence-electron chi connectivity index (χ0n) is 39.4. The molecule has 1 unspecified atom stereocenters. The predicted octanol–water partition coefficient (Wildman–Crippen LogP) is 4.49. The van der Waals surface area contributed by atoms with E-state index in [1.165, 1.54) is 19.6 Å². The van der Waals surface area contributed by atoms with Crippen molar-refractivity contribution in [3.05, 3.63) is 12.2 Å². The Morgan fingerprint density at radius 3 is 1.69 bits per heavy atom. The molecule has 1 fully saturated rings. The first-order valence-corrected chi connectivity index (χ1v) is 21.8. The van der Waals surface area contributed by atoms with Crippen LogP contribution >= 0.6 is 0 Å². The molecule has 0 saturated carbocycles. The van der Waals surface area contributed by atoms with E-state index >= 15 is 0 Å². The lowest BCUT2D eigenvalue weighted by Gasteiger charge is -2.40. The predicted molar refractivity (Wildman–Crippen MR) is 234 cm³/mol. The summed E-state index contributed by atoms with van der Waals surface area (Å²) in [7, 11) is 8.06. The second-order valence-electron chi connectivity index (χ2n) is 18.4. The lowest BCUT2D eigenvalue weighted by molar-refractivity contribution is -0.156. The van der Waals surface area contributed by atoms with Gasteiger partial charge in [-0.15, -0.1) is 0 Å². The maximum Gasteiger partial charge on any atom is 0.246 e. The summed E-state index contributed by atoms with van der Waals surface area (Å²) >= 11 is 0. The molecule has 0 radical (unpaired) electrons. The fourth-order valence-electron chi connectivity index (χ4n) is 8.41. The summed E-state index contributed by atoms with van der Waals surface area (Å²) in [6, 6.07) is -4.50. The number of carbonyl (C=O) groups excluding carboxylic acids is 7. The van der Waals surface area contributed by atoms with E-state index < -0.39 is 53.8 Å². The van der Waals surface area contributed by atoms with Gasteiger partial charge in [0, 0.05) is 46.6 Å². The number of Topliss-reactive ketones (excluding diaryl/α,β-unsaturated/α-hetero) is 1. The first kappa shape index (κ1) is 53.2. The molecular weight excluding hydrogens is 751 g/mol. The van der Waals surface area contributed by atoms with Crippen molar-refractivity contribution in [2.45, 2.75) is 170 Å². The van der Waals surface area contributed by atoms with Crippen molar-refractivity contribution in [2.75, 3.05) is 35.2 Å². The van der Waals surface area contributed by atoms with Gasteiger partial charge in [-0.3, -0.25) is 33.6 Å². The maximum absolute atomic E-state index is 14.6.